The maximum atomic E-state index is 11.8. The van der Waals surface area contributed by atoms with Crippen molar-refractivity contribution in [1.29, 1.82) is 0 Å². The fraction of sp³-hybridized carbons (Fsp3) is 0.0476. The first-order chi connectivity index (χ1) is 14.2. The van der Waals surface area contributed by atoms with E-state index >= 15 is 0 Å². The van der Waals surface area contributed by atoms with Gasteiger partial charge in [0.15, 0.2) is 11.5 Å². The molecule has 1 heterocycles. The molecular weight excluding hydrogens is 372 g/mol. The van der Waals surface area contributed by atoms with Gasteiger partial charge in [-0.3, -0.25) is 10.1 Å². The molecule has 144 valence electrons. The topological polar surface area (TPSA) is 99.4 Å². The van der Waals surface area contributed by atoms with Gasteiger partial charge in [0.2, 0.25) is 5.82 Å². The predicted octanol–water partition coefficient (Wildman–Crippen LogP) is 5.08. The van der Waals surface area contributed by atoms with E-state index in [1.807, 2.05) is 42.5 Å². The molecule has 0 aliphatic heterocycles. The molecule has 1 N–H and O–H groups in total. The van der Waals surface area contributed by atoms with Crippen molar-refractivity contribution in [3.05, 3.63) is 83.2 Å². The summed E-state index contributed by atoms with van der Waals surface area (Å²) in [5, 5.41) is 16.8. The molecule has 0 saturated carbocycles. The van der Waals surface area contributed by atoms with E-state index in [0.29, 0.717) is 17.2 Å². The number of methoxy groups -OCH3 is 1. The first-order valence-electron chi connectivity index (χ1n) is 8.72. The summed E-state index contributed by atoms with van der Waals surface area (Å²) in [5.41, 5.74) is 0.319. The summed E-state index contributed by atoms with van der Waals surface area (Å²) in [7, 11) is 1.49. The number of para-hydroxylation sites is 2. The summed E-state index contributed by atoms with van der Waals surface area (Å²) in [6.45, 7) is 0. The van der Waals surface area contributed by atoms with E-state index in [0.717, 1.165) is 10.8 Å². The minimum absolute atomic E-state index is 0.0336. The number of hydrogen-bond donors (Lipinski definition) is 1. The van der Waals surface area contributed by atoms with Crippen molar-refractivity contribution in [3.63, 3.8) is 0 Å². The van der Waals surface area contributed by atoms with Gasteiger partial charge in [0.05, 0.1) is 12.0 Å². The largest absolute Gasteiger partial charge is 0.493 e. The van der Waals surface area contributed by atoms with E-state index in [1.165, 1.54) is 13.4 Å². The summed E-state index contributed by atoms with van der Waals surface area (Å²) >= 11 is 0. The Morgan fingerprint density at radius 2 is 1.66 bits per heavy atom. The van der Waals surface area contributed by atoms with Gasteiger partial charge in [-0.25, -0.2) is 4.98 Å². The second kappa shape index (κ2) is 7.81. The molecular formula is C21H16N4O4. The highest BCUT2D eigenvalue weighted by Gasteiger charge is 2.26. The molecule has 0 aliphatic rings. The zero-order valence-corrected chi connectivity index (χ0v) is 15.4. The number of nitro groups is 1. The van der Waals surface area contributed by atoms with Crippen LogP contribution in [0.2, 0.25) is 0 Å². The molecule has 8 heteroatoms. The SMILES string of the molecule is COc1ccccc1Oc1ncnc(Nc2cccc3ccccc23)c1[N+](=O)[O-]. The lowest BCUT2D eigenvalue weighted by atomic mass is 10.1. The van der Waals surface area contributed by atoms with Gasteiger partial charge in [-0.1, -0.05) is 48.5 Å². The Morgan fingerprint density at radius 3 is 2.45 bits per heavy atom. The Hall–Kier alpha value is -4.20. The molecule has 0 saturated heterocycles. The number of aromatic nitrogens is 2. The van der Waals surface area contributed by atoms with Gasteiger partial charge >= 0.3 is 11.6 Å². The summed E-state index contributed by atoms with van der Waals surface area (Å²) in [5.74, 6) is 0.598. The van der Waals surface area contributed by atoms with Crippen LogP contribution in [-0.4, -0.2) is 22.0 Å². The Kier molecular flexibility index (Phi) is 4.90. The van der Waals surface area contributed by atoms with Gasteiger partial charge in [-0.15, -0.1) is 0 Å². The van der Waals surface area contributed by atoms with Gasteiger partial charge in [0.25, 0.3) is 0 Å². The molecule has 3 aromatic carbocycles. The first-order valence-corrected chi connectivity index (χ1v) is 8.72. The number of rotatable bonds is 6. The van der Waals surface area contributed by atoms with E-state index in [9.17, 15) is 10.1 Å². The monoisotopic (exact) mass is 388 g/mol. The van der Waals surface area contributed by atoms with Gasteiger partial charge in [-0.05, 0) is 23.6 Å². The van der Waals surface area contributed by atoms with Crippen LogP contribution in [0.1, 0.15) is 0 Å². The average molecular weight is 388 g/mol. The van der Waals surface area contributed by atoms with Gasteiger partial charge in [0.1, 0.15) is 6.33 Å². The Morgan fingerprint density at radius 1 is 0.931 bits per heavy atom. The normalized spacial score (nSPS) is 10.5. The third-order valence-corrected chi connectivity index (χ3v) is 4.29. The maximum absolute atomic E-state index is 11.8. The van der Waals surface area contributed by atoms with Crippen molar-refractivity contribution >= 4 is 28.0 Å². The van der Waals surface area contributed by atoms with E-state index in [2.05, 4.69) is 15.3 Å². The van der Waals surface area contributed by atoms with Crippen molar-refractivity contribution in [2.45, 2.75) is 0 Å². The van der Waals surface area contributed by atoms with Crippen LogP contribution in [0, 0.1) is 10.1 Å². The Balaban J connectivity index is 1.77. The molecule has 8 nitrogen and oxygen atoms in total. The lowest BCUT2D eigenvalue weighted by molar-refractivity contribution is -0.385. The number of benzene rings is 3. The summed E-state index contributed by atoms with van der Waals surface area (Å²) < 4.78 is 10.9. The first kappa shape index (κ1) is 18.2. The zero-order valence-electron chi connectivity index (χ0n) is 15.4. The Bertz CT molecular complexity index is 1190. The molecule has 0 bridgehead atoms. The van der Waals surface area contributed by atoms with Crippen LogP contribution in [-0.2, 0) is 0 Å². The van der Waals surface area contributed by atoms with Crippen LogP contribution in [0.15, 0.2) is 73.1 Å². The lowest BCUT2D eigenvalue weighted by Crippen LogP contribution is -2.04. The van der Waals surface area contributed by atoms with Crippen molar-refractivity contribution in [2.24, 2.45) is 0 Å². The lowest BCUT2D eigenvalue weighted by Gasteiger charge is -2.12. The maximum Gasteiger partial charge on any atom is 0.373 e. The van der Waals surface area contributed by atoms with Crippen molar-refractivity contribution in [1.82, 2.24) is 9.97 Å². The predicted molar refractivity (Wildman–Crippen MR) is 109 cm³/mol. The summed E-state index contributed by atoms with van der Waals surface area (Å²) in [6, 6.07) is 20.2. The van der Waals surface area contributed by atoms with Gasteiger partial charge < -0.3 is 14.8 Å². The van der Waals surface area contributed by atoms with E-state index in [4.69, 9.17) is 9.47 Å². The molecule has 0 atom stereocenters. The fourth-order valence-electron chi connectivity index (χ4n) is 2.96. The van der Waals surface area contributed by atoms with Crippen LogP contribution in [0.25, 0.3) is 10.8 Å². The van der Waals surface area contributed by atoms with Crippen LogP contribution in [0.3, 0.4) is 0 Å². The second-order valence-corrected chi connectivity index (χ2v) is 6.04. The number of ether oxygens (including phenoxy) is 2. The molecule has 4 rings (SSSR count). The number of nitrogens with zero attached hydrogens (tertiary/aromatic N) is 3. The number of fused-ring (bicyclic) bond motifs is 1. The average Bonchev–Trinajstić information content (AvgIpc) is 2.74. The number of anilines is 2. The Labute approximate surface area is 165 Å². The molecule has 0 aliphatic carbocycles. The van der Waals surface area contributed by atoms with Crippen molar-refractivity contribution in [2.75, 3.05) is 12.4 Å². The van der Waals surface area contributed by atoms with Crippen LogP contribution < -0.4 is 14.8 Å². The minimum atomic E-state index is -0.571. The minimum Gasteiger partial charge on any atom is -0.493 e. The molecule has 29 heavy (non-hydrogen) atoms. The van der Waals surface area contributed by atoms with Crippen molar-refractivity contribution in [3.8, 4) is 17.4 Å². The summed E-state index contributed by atoms with van der Waals surface area (Å²) in [6.07, 6.45) is 1.21. The number of nitrogens with one attached hydrogen (secondary N) is 1. The molecule has 4 aromatic rings. The third-order valence-electron chi connectivity index (χ3n) is 4.29. The molecule has 1 aromatic heterocycles. The highest BCUT2D eigenvalue weighted by atomic mass is 16.6. The molecule has 0 radical (unpaired) electrons. The fourth-order valence-corrected chi connectivity index (χ4v) is 2.96. The summed E-state index contributed by atoms with van der Waals surface area (Å²) in [4.78, 5) is 19.3. The van der Waals surface area contributed by atoms with E-state index in [1.54, 1.807) is 24.3 Å². The van der Waals surface area contributed by atoms with Crippen LogP contribution in [0.4, 0.5) is 17.2 Å². The van der Waals surface area contributed by atoms with Gasteiger partial charge in [-0.2, -0.15) is 4.98 Å². The van der Waals surface area contributed by atoms with E-state index in [-0.39, 0.29) is 17.4 Å². The highest BCUT2D eigenvalue weighted by molar-refractivity contribution is 5.95. The molecule has 0 spiro atoms. The molecule has 0 fully saturated rings. The zero-order chi connectivity index (χ0) is 20.2. The highest BCUT2D eigenvalue weighted by Crippen LogP contribution is 2.39. The smallest absolute Gasteiger partial charge is 0.373 e. The molecule has 0 unspecified atom stereocenters. The van der Waals surface area contributed by atoms with E-state index < -0.39 is 4.92 Å². The number of hydrogen-bond acceptors (Lipinski definition) is 7. The van der Waals surface area contributed by atoms with Gasteiger partial charge in [0, 0.05) is 11.1 Å². The third kappa shape index (κ3) is 3.63. The quantitative estimate of drug-likeness (QED) is 0.363. The molecule has 0 amide bonds. The van der Waals surface area contributed by atoms with Crippen molar-refractivity contribution < 1.29 is 14.4 Å². The standard InChI is InChI=1S/C21H16N4O4/c1-28-17-11-4-5-12-18(17)29-21-19(25(26)27)20(22-13-23-21)24-16-10-6-8-14-7-2-3-9-15(14)16/h2-13H,1H3,(H,22,23,24). The second-order valence-electron chi connectivity index (χ2n) is 6.04. The van der Waals surface area contributed by atoms with Crippen LogP contribution >= 0.6 is 0 Å². The van der Waals surface area contributed by atoms with Crippen LogP contribution in [0.5, 0.6) is 17.4 Å².